The molecule has 0 saturated heterocycles. The summed E-state index contributed by atoms with van der Waals surface area (Å²) in [5, 5.41) is 6.55. The van der Waals surface area contributed by atoms with Crippen LogP contribution in [0.5, 0.6) is 17.2 Å². The number of guanidine groups is 1. The summed E-state index contributed by atoms with van der Waals surface area (Å²) in [4.78, 5) is 4.24. The van der Waals surface area contributed by atoms with Gasteiger partial charge in [-0.25, -0.2) is 0 Å². The minimum Gasteiger partial charge on any atom is -0.497 e. The molecule has 2 aromatic carbocycles. The van der Waals surface area contributed by atoms with Crippen LogP contribution >= 0.6 is 24.0 Å². The number of ether oxygens (including phenoxy) is 3. The van der Waals surface area contributed by atoms with Crippen LogP contribution in [0.15, 0.2) is 53.5 Å². The third kappa shape index (κ3) is 5.42. The maximum Gasteiger partial charge on any atom is 0.191 e. The number of fused-ring (bicyclic) bond motifs is 1. The Morgan fingerprint density at radius 2 is 1.96 bits per heavy atom. The minimum atomic E-state index is -0.0646. The van der Waals surface area contributed by atoms with Gasteiger partial charge in [-0.3, -0.25) is 4.99 Å². The van der Waals surface area contributed by atoms with E-state index in [4.69, 9.17) is 14.2 Å². The first-order chi connectivity index (χ1) is 12.3. The lowest BCUT2D eigenvalue weighted by molar-refractivity contribution is 0.0936. The van der Waals surface area contributed by atoms with E-state index >= 15 is 0 Å². The topological polar surface area (TPSA) is 64.1 Å². The zero-order chi connectivity index (χ0) is 17.5. The molecule has 2 aromatic rings. The first kappa shape index (κ1) is 20.2. The predicted molar refractivity (Wildman–Crippen MR) is 113 cm³/mol. The molecule has 1 aliphatic heterocycles. The number of methoxy groups -OCH3 is 1. The number of para-hydroxylation sites is 2. The quantitative estimate of drug-likeness (QED) is 0.401. The average molecular weight is 469 g/mol. The summed E-state index contributed by atoms with van der Waals surface area (Å²) in [5.41, 5.74) is 1.12. The standard InChI is InChI=1S/C19H23N3O3.HI/c1-20-19(21-11-14-6-5-7-15(10-14)23-2)22-12-16-13-24-17-8-3-4-9-18(17)25-16;/h3-10,16H,11-13H2,1-2H3,(H2,20,21,22);1H. The second-order valence-corrected chi connectivity index (χ2v) is 5.66. The largest absolute Gasteiger partial charge is 0.497 e. The number of hydrogen-bond donors (Lipinski definition) is 2. The van der Waals surface area contributed by atoms with Gasteiger partial charge in [0.05, 0.1) is 13.7 Å². The van der Waals surface area contributed by atoms with Gasteiger partial charge < -0.3 is 24.8 Å². The first-order valence-electron chi connectivity index (χ1n) is 8.24. The Labute approximate surface area is 171 Å². The number of rotatable bonds is 5. The lowest BCUT2D eigenvalue weighted by Gasteiger charge is -2.27. The fourth-order valence-corrected chi connectivity index (χ4v) is 2.56. The van der Waals surface area contributed by atoms with Crippen molar-refractivity contribution in [3.05, 3.63) is 54.1 Å². The smallest absolute Gasteiger partial charge is 0.191 e. The van der Waals surface area contributed by atoms with Crippen LogP contribution in [-0.4, -0.2) is 39.4 Å². The summed E-state index contributed by atoms with van der Waals surface area (Å²) in [6.45, 7) is 1.77. The molecule has 1 aliphatic rings. The van der Waals surface area contributed by atoms with Gasteiger partial charge in [0.25, 0.3) is 0 Å². The summed E-state index contributed by atoms with van der Waals surface area (Å²) in [6, 6.07) is 15.6. The molecule has 1 unspecified atom stereocenters. The molecule has 7 heteroatoms. The van der Waals surface area contributed by atoms with Crippen LogP contribution in [0.25, 0.3) is 0 Å². The van der Waals surface area contributed by atoms with Gasteiger partial charge in [0, 0.05) is 13.6 Å². The molecular formula is C19H24IN3O3. The van der Waals surface area contributed by atoms with E-state index in [1.807, 2.05) is 48.5 Å². The summed E-state index contributed by atoms with van der Waals surface area (Å²) < 4.78 is 16.9. The Morgan fingerprint density at radius 1 is 1.15 bits per heavy atom. The Hall–Kier alpha value is -2.16. The van der Waals surface area contributed by atoms with Crippen LogP contribution < -0.4 is 24.8 Å². The summed E-state index contributed by atoms with van der Waals surface area (Å²) in [6.07, 6.45) is -0.0646. The number of hydrogen-bond acceptors (Lipinski definition) is 4. The Morgan fingerprint density at radius 3 is 2.73 bits per heavy atom. The molecule has 0 saturated carbocycles. The van der Waals surface area contributed by atoms with Crippen LogP contribution in [0.3, 0.4) is 0 Å². The van der Waals surface area contributed by atoms with Crippen molar-refractivity contribution in [2.75, 3.05) is 27.3 Å². The second kappa shape index (κ2) is 10.1. The summed E-state index contributed by atoms with van der Waals surface area (Å²) in [7, 11) is 3.41. The maximum atomic E-state index is 5.93. The zero-order valence-electron chi connectivity index (χ0n) is 14.9. The molecule has 140 valence electrons. The minimum absolute atomic E-state index is 0. The van der Waals surface area contributed by atoms with E-state index in [9.17, 15) is 0 Å². The van der Waals surface area contributed by atoms with Gasteiger partial charge in [0.1, 0.15) is 18.5 Å². The van der Waals surface area contributed by atoms with Crippen molar-refractivity contribution in [3.63, 3.8) is 0 Å². The van der Waals surface area contributed by atoms with E-state index in [0.29, 0.717) is 25.7 Å². The van der Waals surface area contributed by atoms with E-state index in [-0.39, 0.29) is 30.1 Å². The highest BCUT2D eigenvalue weighted by Gasteiger charge is 2.20. The van der Waals surface area contributed by atoms with E-state index in [0.717, 1.165) is 22.8 Å². The Bertz CT molecular complexity index is 739. The van der Waals surface area contributed by atoms with Gasteiger partial charge in [-0.05, 0) is 29.8 Å². The fourth-order valence-electron chi connectivity index (χ4n) is 2.56. The van der Waals surface area contributed by atoms with Gasteiger partial charge in [0.15, 0.2) is 17.5 Å². The van der Waals surface area contributed by atoms with Gasteiger partial charge in [0.2, 0.25) is 0 Å². The SMILES string of the molecule is CN=C(NCc1cccc(OC)c1)NCC1COc2ccccc2O1.I. The molecule has 3 rings (SSSR count). The molecule has 0 amide bonds. The van der Waals surface area contributed by atoms with Gasteiger partial charge in [-0.2, -0.15) is 0 Å². The highest BCUT2D eigenvalue weighted by atomic mass is 127. The van der Waals surface area contributed by atoms with Crippen LogP contribution in [-0.2, 0) is 6.54 Å². The predicted octanol–water partition coefficient (Wildman–Crippen LogP) is 2.82. The number of benzene rings is 2. The van der Waals surface area contributed by atoms with Crippen molar-refractivity contribution < 1.29 is 14.2 Å². The molecule has 0 radical (unpaired) electrons. The zero-order valence-corrected chi connectivity index (χ0v) is 17.2. The fraction of sp³-hybridized carbons (Fsp3) is 0.316. The molecule has 2 N–H and O–H groups in total. The van der Waals surface area contributed by atoms with E-state index in [2.05, 4.69) is 15.6 Å². The van der Waals surface area contributed by atoms with Crippen molar-refractivity contribution in [2.24, 2.45) is 4.99 Å². The van der Waals surface area contributed by atoms with Crippen molar-refractivity contribution >= 4 is 29.9 Å². The van der Waals surface area contributed by atoms with E-state index < -0.39 is 0 Å². The molecule has 0 fully saturated rings. The number of aliphatic imine (C=N–C) groups is 1. The molecule has 1 heterocycles. The van der Waals surface area contributed by atoms with Gasteiger partial charge in [-0.15, -0.1) is 24.0 Å². The van der Waals surface area contributed by atoms with Crippen molar-refractivity contribution in [2.45, 2.75) is 12.6 Å². The van der Waals surface area contributed by atoms with E-state index in [1.165, 1.54) is 0 Å². The maximum absolute atomic E-state index is 5.93. The Kier molecular flexibility index (Phi) is 7.83. The molecular weight excluding hydrogens is 445 g/mol. The molecule has 26 heavy (non-hydrogen) atoms. The number of nitrogens with one attached hydrogen (secondary N) is 2. The first-order valence-corrected chi connectivity index (χ1v) is 8.24. The second-order valence-electron chi connectivity index (χ2n) is 5.66. The third-order valence-corrected chi connectivity index (χ3v) is 3.88. The van der Waals surface area contributed by atoms with Crippen molar-refractivity contribution in [1.82, 2.24) is 10.6 Å². The lowest BCUT2D eigenvalue weighted by atomic mass is 10.2. The number of halogens is 1. The van der Waals surface area contributed by atoms with Crippen LogP contribution in [0.1, 0.15) is 5.56 Å². The molecule has 0 spiro atoms. The molecule has 0 aliphatic carbocycles. The van der Waals surface area contributed by atoms with Gasteiger partial charge in [-0.1, -0.05) is 24.3 Å². The van der Waals surface area contributed by atoms with Gasteiger partial charge >= 0.3 is 0 Å². The number of nitrogens with zero attached hydrogens (tertiary/aromatic N) is 1. The van der Waals surface area contributed by atoms with Crippen LogP contribution in [0.4, 0.5) is 0 Å². The average Bonchev–Trinajstić information content (AvgIpc) is 2.68. The molecule has 1 atom stereocenters. The molecule has 0 aromatic heterocycles. The summed E-state index contributed by atoms with van der Waals surface area (Å²) in [5.74, 6) is 3.12. The highest BCUT2D eigenvalue weighted by molar-refractivity contribution is 14.0. The normalized spacial score (nSPS) is 15.6. The summed E-state index contributed by atoms with van der Waals surface area (Å²) >= 11 is 0. The monoisotopic (exact) mass is 469 g/mol. The molecule has 0 bridgehead atoms. The Balaban J connectivity index is 0.00000243. The highest BCUT2D eigenvalue weighted by Crippen LogP contribution is 2.30. The third-order valence-electron chi connectivity index (χ3n) is 3.88. The van der Waals surface area contributed by atoms with E-state index in [1.54, 1.807) is 14.2 Å². The van der Waals surface area contributed by atoms with Crippen LogP contribution in [0.2, 0.25) is 0 Å². The molecule has 6 nitrogen and oxygen atoms in total. The van der Waals surface area contributed by atoms with Crippen molar-refractivity contribution in [1.29, 1.82) is 0 Å². The lowest BCUT2D eigenvalue weighted by Crippen LogP contribution is -2.45. The van der Waals surface area contributed by atoms with Crippen molar-refractivity contribution in [3.8, 4) is 17.2 Å². The van der Waals surface area contributed by atoms with Crippen LogP contribution in [0, 0.1) is 0 Å².